The highest BCUT2D eigenvalue weighted by Crippen LogP contribution is 2.17. The lowest BCUT2D eigenvalue weighted by Crippen LogP contribution is -2.48. The fraction of sp³-hybridized carbons (Fsp3) is 0.545. The maximum absolute atomic E-state index is 12.7. The number of piperazine rings is 1. The van der Waals surface area contributed by atoms with Crippen molar-refractivity contribution >= 4 is 5.91 Å². The van der Waals surface area contributed by atoms with Crippen LogP contribution in [0.5, 0.6) is 0 Å². The molecule has 0 aromatic heterocycles. The van der Waals surface area contributed by atoms with Crippen molar-refractivity contribution in [1.29, 1.82) is 5.26 Å². The summed E-state index contributed by atoms with van der Waals surface area (Å²) in [6.45, 7) is 3.94. The number of nitrogens with zero attached hydrogens (tertiary/aromatic N) is 3. The smallest absolute Gasteiger partial charge is 0.266 e. The minimum Gasteiger partial charge on any atom is -0.387 e. The molecule has 0 radical (unpaired) electrons. The van der Waals surface area contributed by atoms with Crippen LogP contribution in [0.1, 0.15) is 44.1 Å². The van der Waals surface area contributed by atoms with Crippen molar-refractivity contribution in [2.45, 2.75) is 51.1 Å². The molecule has 1 saturated heterocycles. The average molecular weight is 367 g/mol. The van der Waals surface area contributed by atoms with Crippen LogP contribution in [0.3, 0.4) is 0 Å². The van der Waals surface area contributed by atoms with Crippen molar-refractivity contribution in [3.05, 3.63) is 47.7 Å². The van der Waals surface area contributed by atoms with Crippen molar-refractivity contribution in [3.63, 3.8) is 0 Å². The molecule has 1 N–H and O–H groups in total. The van der Waals surface area contributed by atoms with Crippen LogP contribution >= 0.6 is 0 Å². The standard InChI is InChI=1S/C22H30N4O/c23-16-20(17-24-21-10-6-1-2-7-11-21)22(27)26-14-12-25(13-15-26)18-19-8-4-3-5-9-19/h3-5,8-9,17,21,24H,1-2,6-7,10-15,18H2/b20-17-. The molecule has 1 aromatic rings. The number of nitriles is 1. The van der Waals surface area contributed by atoms with E-state index >= 15 is 0 Å². The second kappa shape index (κ2) is 10.1. The highest BCUT2D eigenvalue weighted by atomic mass is 16.2. The number of carbonyl (C=O) groups is 1. The van der Waals surface area contributed by atoms with Crippen molar-refractivity contribution in [2.75, 3.05) is 26.2 Å². The molecule has 0 atom stereocenters. The van der Waals surface area contributed by atoms with Gasteiger partial charge in [0.25, 0.3) is 5.91 Å². The van der Waals surface area contributed by atoms with Crippen molar-refractivity contribution in [1.82, 2.24) is 15.1 Å². The van der Waals surface area contributed by atoms with E-state index in [1.807, 2.05) is 11.0 Å². The Bertz CT molecular complexity index is 663. The van der Waals surface area contributed by atoms with E-state index in [9.17, 15) is 10.1 Å². The summed E-state index contributed by atoms with van der Waals surface area (Å²) in [5.74, 6) is -0.141. The van der Waals surface area contributed by atoms with E-state index in [1.54, 1.807) is 6.20 Å². The molecule has 144 valence electrons. The molecule has 0 bridgehead atoms. The van der Waals surface area contributed by atoms with Gasteiger partial charge >= 0.3 is 0 Å². The summed E-state index contributed by atoms with van der Waals surface area (Å²) in [5, 5.41) is 12.8. The van der Waals surface area contributed by atoms with Crippen LogP contribution in [0.4, 0.5) is 0 Å². The molecule has 1 amide bonds. The molecule has 3 rings (SSSR count). The molecule has 0 unspecified atom stereocenters. The molecule has 1 saturated carbocycles. The lowest BCUT2D eigenvalue weighted by molar-refractivity contribution is -0.128. The number of nitrogens with one attached hydrogen (secondary N) is 1. The molecule has 5 nitrogen and oxygen atoms in total. The first-order valence-corrected chi connectivity index (χ1v) is 10.2. The van der Waals surface area contributed by atoms with E-state index in [0.29, 0.717) is 19.1 Å². The fourth-order valence-electron chi connectivity index (χ4n) is 3.91. The van der Waals surface area contributed by atoms with Gasteiger partial charge in [0.15, 0.2) is 0 Å². The molecule has 1 aromatic carbocycles. The SMILES string of the molecule is N#C/C(=C/NC1CCCCCC1)C(=O)N1CCN(Cc2ccccc2)CC1. The quantitative estimate of drug-likeness (QED) is 0.494. The summed E-state index contributed by atoms with van der Waals surface area (Å²) < 4.78 is 0. The number of carbonyl (C=O) groups excluding carboxylic acids is 1. The molecule has 1 heterocycles. The number of amides is 1. The second-order valence-electron chi connectivity index (χ2n) is 7.58. The Balaban J connectivity index is 1.49. The summed E-state index contributed by atoms with van der Waals surface area (Å²) in [5.41, 5.74) is 1.53. The predicted octanol–water partition coefficient (Wildman–Crippen LogP) is 3.05. The van der Waals surface area contributed by atoms with Gasteiger partial charge in [0, 0.05) is 45.0 Å². The fourth-order valence-corrected chi connectivity index (χ4v) is 3.91. The maximum atomic E-state index is 12.7. The van der Waals surface area contributed by atoms with Gasteiger partial charge in [0.1, 0.15) is 11.6 Å². The highest BCUT2D eigenvalue weighted by Gasteiger charge is 2.24. The first-order chi connectivity index (χ1) is 13.3. The minimum absolute atomic E-state index is 0.141. The van der Waals surface area contributed by atoms with E-state index in [1.165, 1.54) is 31.2 Å². The minimum atomic E-state index is -0.141. The second-order valence-corrected chi connectivity index (χ2v) is 7.58. The zero-order valence-corrected chi connectivity index (χ0v) is 16.1. The third-order valence-electron chi connectivity index (χ3n) is 5.58. The Kier molecular flexibility index (Phi) is 7.29. The van der Waals surface area contributed by atoms with Gasteiger partial charge in [-0.3, -0.25) is 9.69 Å². The van der Waals surface area contributed by atoms with Gasteiger partial charge in [-0.2, -0.15) is 5.26 Å². The van der Waals surface area contributed by atoms with Crippen LogP contribution in [-0.4, -0.2) is 47.9 Å². The van der Waals surface area contributed by atoms with Crippen molar-refractivity contribution in [3.8, 4) is 6.07 Å². The van der Waals surface area contributed by atoms with Crippen LogP contribution in [-0.2, 0) is 11.3 Å². The predicted molar refractivity (Wildman–Crippen MR) is 107 cm³/mol. The van der Waals surface area contributed by atoms with Gasteiger partial charge in [-0.1, -0.05) is 56.0 Å². The summed E-state index contributed by atoms with van der Waals surface area (Å²) >= 11 is 0. The summed E-state index contributed by atoms with van der Waals surface area (Å²) in [6, 6.07) is 12.9. The lowest BCUT2D eigenvalue weighted by atomic mass is 10.1. The summed E-state index contributed by atoms with van der Waals surface area (Å²) in [4.78, 5) is 16.9. The Morgan fingerprint density at radius 1 is 1.07 bits per heavy atom. The topological polar surface area (TPSA) is 59.4 Å². The Labute approximate surface area is 162 Å². The molecule has 0 spiro atoms. The van der Waals surface area contributed by atoms with Gasteiger partial charge < -0.3 is 10.2 Å². The normalized spacial score (nSPS) is 20.0. The highest BCUT2D eigenvalue weighted by molar-refractivity contribution is 5.97. The van der Waals surface area contributed by atoms with Crippen LogP contribution < -0.4 is 5.32 Å². The molecule has 2 fully saturated rings. The average Bonchev–Trinajstić information content (AvgIpc) is 2.98. The van der Waals surface area contributed by atoms with E-state index in [4.69, 9.17) is 0 Å². The first kappa shape index (κ1) is 19.4. The number of rotatable bonds is 5. The van der Waals surface area contributed by atoms with Crippen molar-refractivity contribution in [2.24, 2.45) is 0 Å². The van der Waals surface area contributed by atoms with E-state index in [0.717, 1.165) is 32.5 Å². The summed E-state index contributed by atoms with van der Waals surface area (Å²) in [7, 11) is 0. The molecular formula is C22H30N4O. The van der Waals surface area contributed by atoms with Gasteiger partial charge in [0.2, 0.25) is 0 Å². The third-order valence-corrected chi connectivity index (χ3v) is 5.58. The number of hydrogen-bond donors (Lipinski definition) is 1. The summed E-state index contributed by atoms with van der Waals surface area (Å²) in [6.07, 6.45) is 8.95. The van der Waals surface area contributed by atoms with E-state index in [2.05, 4.69) is 40.6 Å². The largest absolute Gasteiger partial charge is 0.387 e. The van der Waals surface area contributed by atoms with Crippen molar-refractivity contribution < 1.29 is 4.79 Å². The van der Waals surface area contributed by atoms with Gasteiger partial charge in [-0.05, 0) is 18.4 Å². The van der Waals surface area contributed by atoms with Gasteiger partial charge in [-0.15, -0.1) is 0 Å². The first-order valence-electron chi connectivity index (χ1n) is 10.2. The molecule has 1 aliphatic heterocycles. The van der Waals surface area contributed by atoms with Crippen LogP contribution in [0, 0.1) is 11.3 Å². The van der Waals surface area contributed by atoms with Crippen LogP contribution in [0.15, 0.2) is 42.1 Å². The van der Waals surface area contributed by atoms with Crippen LogP contribution in [0.2, 0.25) is 0 Å². The van der Waals surface area contributed by atoms with Gasteiger partial charge in [0.05, 0.1) is 0 Å². The third kappa shape index (κ3) is 5.83. The maximum Gasteiger partial charge on any atom is 0.266 e. The zero-order valence-electron chi connectivity index (χ0n) is 16.1. The lowest BCUT2D eigenvalue weighted by Gasteiger charge is -2.34. The Morgan fingerprint density at radius 2 is 1.74 bits per heavy atom. The number of benzene rings is 1. The van der Waals surface area contributed by atoms with E-state index in [-0.39, 0.29) is 11.5 Å². The zero-order chi connectivity index (χ0) is 18.9. The monoisotopic (exact) mass is 366 g/mol. The Morgan fingerprint density at radius 3 is 2.37 bits per heavy atom. The van der Waals surface area contributed by atoms with Crippen LogP contribution in [0.25, 0.3) is 0 Å². The van der Waals surface area contributed by atoms with E-state index < -0.39 is 0 Å². The molecular weight excluding hydrogens is 336 g/mol. The number of hydrogen-bond acceptors (Lipinski definition) is 4. The van der Waals surface area contributed by atoms with Gasteiger partial charge in [-0.25, -0.2) is 0 Å². The Hall–Kier alpha value is -2.32. The molecule has 5 heteroatoms. The molecule has 1 aliphatic carbocycles. The molecule has 27 heavy (non-hydrogen) atoms. The molecule has 2 aliphatic rings.